The third kappa shape index (κ3) is 10.4. The van der Waals surface area contributed by atoms with Crippen molar-refractivity contribution in [3.8, 4) is 0 Å². The molecule has 10 atom stereocenters. The van der Waals surface area contributed by atoms with E-state index in [1.54, 1.807) is 52.1 Å². The van der Waals surface area contributed by atoms with Crippen LogP contribution in [0.2, 0.25) is 0 Å². The second-order valence-electron chi connectivity index (χ2n) is 17.2. The standard InChI is InChI=1S/C41H67N3O9/c1-27-24-41(7,49-11)35(53-37-33(31(42(8)9)23-28(2)51-37)52-36(46)30-17-13-12-14-18-30)29(3)34(45)39(4,5)38(47)50-26-32(43(10)25-27)40(6,48)19-22-44-20-15-16-21-44/h12-14,17-18,27-29,31-33,35,37,48H,15-16,19-26H2,1-11H3/t27-,28-,29+,31+,32+,33-,35-,37+,40-,41-/m1/s1. The average Bonchev–Trinajstić information content (AvgIpc) is 3.63. The van der Waals surface area contributed by atoms with Crippen molar-refractivity contribution in [1.29, 1.82) is 0 Å². The second kappa shape index (κ2) is 18.0. The molecule has 3 heterocycles. The summed E-state index contributed by atoms with van der Waals surface area (Å²) in [6.45, 7) is 16.0. The molecule has 3 aliphatic heterocycles. The third-order valence-corrected chi connectivity index (χ3v) is 12.0. The molecule has 0 spiro atoms. The highest BCUT2D eigenvalue weighted by Gasteiger charge is 2.53. The normalized spacial score (nSPS) is 35.1. The van der Waals surface area contributed by atoms with Gasteiger partial charge < -0.3 is 38.6 Å². The molecule has 3 fully saturated rings. The Labute approximate surface area is 317 Å². The number of ether oxygens (including phenoxy) is 5. The molecule has 0 amide bonds. The maximum absolute atomic E-state index is 14.6. The third-order valence-electron chi connectivity index (χ3n) is 12.0. The Balaban J connectivity index is 1.70. The van der Waals surface area contributed by atoms with Crippen LogP contribution in [0, 0.1) is 17.3 Å². The summed E-state index contributed by atoms with van der Waals surface area (Å²) in [5.74, 6) is -2.42. The number of methoxy groups -OCH3 is 1. The van der Waals surface area contributed by atoms with E-state index in [-0.39, 0.29) is 30.5 Å². The van der Waals surface area contributed by atoms with E-state index < -0.39 is 59.0 Å². The van der Waals surface area contributed by atoms with Crippen LogP contribution < -0.4 is 0 Å². The zero-order valence-electron chi connectivity index (χ0n) is 34.1. The first kappa shape index (κ1) is 43.3. The summed E-state index contributed by atoms with van der Waals surface area (Å²) in [5, 5.41) is 11.9. The molecule has 0 aliphatic carbocycles. The van der Waals surface area contributed by atoms with Gasteiger partial charge in [-0.2, -0.15) is 0 Å². The number of ketones is 1. The van der Waals surface area contributed by atoms with Crippen LogP contribution in [-0.2, 0) is 33.3 Å². The predicted molar refractivity (Wildman–Crippen MR) is 202 cm³/mol. The summed E-state index contributed by atoms with van der Waals surface area (Å²) >= 11 is 0. The van der Waals surface area contributed by atoms with Crippen LogP contribution in [0.4, 0.5) is 0 Å². The number of likely N-dealkylation sites (tertiary alicyclic amines) is 1. The lowest BCUT2D eigenvalue weighted by Gasteiger charge is -2.48. The molecule has 3 saturated heterocycles. The van der Waals surface area contributed by atoms with E-state index in [4.69, 9.17) is 23.7 Å². The van der Waals surface area contributed by atoms with Gasteiger partial charge >= 0.3 is 11.9 Å². The average molecular weight is 746 g/mol. The summed E-state index contributed by atoms with van der Waals surface area (Å²) in [5.41, 5.74) is -3.37. The maximum Gasteiger partial charge on any atom is 0.338 e. The van der Waals surface area contributed by atoms with Gasteiger partial charge in [0.15, 0.2) is 18.2 Å². The first-order valence-corrected chi connectivity index (χ1v) is 19.5. The summed E-state index contributed by atoms with van der Waals surface area (Å²) in [6.07, 6.45) is 0.841. The number of likely N-dealkylation sites (N-methyl/N-ethyl adjacent to an activating group) is 2. The number of esters is 2. The minimum atomic E-state index is -1.55. The van der Waals surface area contributed by atoms with Gasteiger partial charge in [0.25, 0.3) is 0 Å². The summed E-state index contributed by atoms with van der Waals surface area (Å²) in [7, 11) is 7.40. The highest BCUT2D eigenvalue weighted by molar-refractivity contribution is 6.04. The minimum absolute atomic E-state index is 0.00729. The first-order valence-electron chi connectivity index (χ1n) is 19.5. The number of hydrogen-bond acceptors (Lipinski definition) is 12. The Morgan fingerprint density at radius 3 is 2.32 bits per heavy atom. The quantitative estimate of drug-likeness (QED) is 0.269. The zero-order valence-corrected chi connectivity index (χ0v) is 34.1. The lowest BCUT2D eigenvalue weighted by atomic mass is 9.74. The van der Waals surface area contributed by atoms with Gasteiger partial charge in [0.1, 0.15) is 12.0 Å². The van der Waals surface area contributed by atoms with Gasteiger partial charge in [-0.1, -0.05) is 32.0 Å². The fourth-order valence-electron chi connectivity index (χ4n) is 8.64. The molecule has 0 bridgehead atoms. The monoisotopic (exact) mass is 745 g/mol. The molecule has 1 aromatic carbocycles. The Morgan fingerprint density at radius 2 is 1.72 bits per heavy atom. The predicted octanol–water partition coefficient (Wildman–Crippen LogP) is 4.42. The molecule has 3 aliphatic rings. The van der Waals surface area contributed by atoms with Crippen LogP contribution in [-0.4, -0.2) is 146 Å². The molecule has 0 radical (unpaired) electrons. The Morgan fingerprint density at radius 1 is 1.08 bits per heavy atom. The van der Waals surface area contributed by atoms with E-state index in [9.17, 15) is 19.5 Å². The molecule has 1 aromatic rings. The number of carbonyl (C=O) groups excluding carboxylic acids is 3. The van der Waals surface area contributed by atoms with Crippen molar-refractivity contribution in [3.05, 3.63) is 35.9 Å². The van der Waals surface area contributed by atoms with Crippen LogP contribution >= 0.6 is 0 Å². The summed E-state index contributed by atoms with van der Waals surface area (Å²) in [4.78, 5) is 48.4. The molecular weight excluding hydrogens is 678 g/mol. The Kier molecular flexibility index (Phi) is 14.7. The van der Waals surface area contributed by atoms with Crippen molar-refractivity contribution in [2.75, 3.05) is 61.0 Å². The lowest BCUT2D eigenvalue weighted by molar-refractivity contribution is -0.295. The largest absolute Gasteiger partial charge is 0.463 e. The van der Waals surface area contributed by atoms with E-state index in [2.05, 4.69) is 16.7 Å². The smallest absolute Gasteiger partial charge is 0.338 e. The van der Waals surface area contributed by atoms with Gasteiger partial charge in [0.05, 0.1) is 41.1 Å². The molecule has 0 aromatic heterocycles. The number of benzene rings is 1. The molecular formula is C41H67N3O9. The second-order valence-corrected chi connectivity index (χ2v) is 17.2. The van der Waals surface area contributed by atoms with Crippen LogP contribution in [0.5, 0.6) is 0 Å². The number of cyclic esters (lactones) is 1. The number of nitrogens with zero attached hydrogens (tertiary/aromatic N) is 3. The maximum atomic E-state index is 14.6. The molecule has 1 N–H and O–H groups in total. The number of hydrogen-bond donors (Lipinski definition) is 1. The van der Waals surface area contributed by atoms with Gasteiger partial charge in [0.2, 0.25) is 0 Å². The van der Waals surface area contributed by atoms with Gasteiger partial charge in [-0.05, 0) is 119 Å². The van der Waals surface area contributed by atoms with Crippen LogP contribution in [0.3, 0.4) is 0 Å². The van der Waals surface area contributed by atoms with E-state index >= 15 is 0 Å². The fraction of sp³-hybridized carbons (Fsp3) is 0.780. The molecule has 0 unspecified atom stereocenters. The summed E-state index contributed by atoms with van der Waals surface area (Å²) in [6, 6.07) is 8.03. The van der Waals surface area contributed by atoms with Gasteiger partial charge in [-0.25, -0.2) is 4.79 Å². The molecule has 0 saturated carbocycles. The van der Waals surface area contributed by atoms with E-state index in [1.165, 1.54) is 0 Å². The molecule has 53 heavy (non-hydrogen) atoms. The minimum Gasteiger partial charge on any atom is -0.463 e. The van der Waals surface area contributed by atoms with Gasteiger partial charge in [0, 0.05) is 26.1 Å². The van der Waals surface area contributed by atoms with E-state index in [1.807, 2.05) is 52.9 Å². The zero-order chi connectivity index (χ0) is 39.3. The molecule has 4 rings (SSSR count). The lowest BCUT2D eigenvalue weighted by Crippen LogP contribution is -2.60. The van der Waals surface area contributed by atoms with E-state index in [0.717, 1.165) is 32.5 Å². The number of rotatable bonds is 10. The molecule has 12 heteroatoms. The van der Waals surface area contributed by atoms with Crippen LogP contribution in [0.15, 0.2) is 30.3 Å². The number of aliphatic hydroxyl groups is 1. The van der Waals surface area contributed by atoms with Crippen molar-refractivity contribution in [2.24, 2.45) is 17.3 Å². The van der Waals surface area contributed by atoms with Gasteiger partial charge in [-0.3, -0.25) is 14.5 Å². The molecule has 300 valence electrons. The van der Waals surface area contributed by atoms with Crippen molar-refractivity contribution < 1.29 is 43.2 Å². The van der Waals surface area contributed by atoms with Gasteiger partial charge in [-0.15, -0.1) is 0 Å². The van der Waals surface area contributed by atoms with E-state index in [0.29, 0.717) is 31.4 Å². The summed E-state index contributed by atoms with van der Waals surface area (Å²) < 4.78 is 31.8. The fourth-order valence-corrected chi connectivity index (χ4v) is 8.64. The topological polar surface area (TPSA) is 127 Å². The number of Topliss-reactive ketones (excluding diaryl/α,β-unsaturated/α-hetero) is 1. The highest BCUT2D eigenvalue weighted by atomic mass is 16.7. The van der Waals surface area contributed by atoms with Crippen molar-refractivity contribution in [1.82, 2.24) is 14.7 Å². The highest BCUT2D eigenvalue weighted by Crippen LogP contribution is 2.39. The van der Waals surface area contributed by atoms with Crippen LogP contribution in [0.1, 0.15) is 90.9 Å². The van der Waals surface area contributed by atoms with Crippen molar-refractivity contribution in [3.63, 3.8) is 0 Å². The van der Waals surface area contributed by atoms with Crippen LogP contribution in [0.25, 0.3) is 0 Å². The van der Waals surface area contributed by atoms with Crippen molar-refractivity contribution in [2.45, 2.75) is 128 Å². The Bertz CT molecular complexity index is 1370. The van der Waals surface area contributed by atoms with Crippen molar-refractivity contribution >= 4 is 17.7 Å². The Hall–Kier alpha value is -2.45. The number of carbonyl (C=O) groups is 3. The molecule has 12 nitrogen and oxygen atoms in total. The first-order chi connectivity index (χ1) is 24.8. The SMILES string of the molecule is CO[C@]1(C)C[C@@H](C)CN(C)[C@H]([C@](C)(O)CCN2CCCC2)COC(=O)C(C)(C)C(=O)[C@H](C)[C@H]1O[C@@H]1O[C@H](C)C[C@H](N(C)C)[C@H]1OC(=O)c1ccccc1.